The van der Waals surface area contributed by atoms with Gasteiger partial charge >= 0.3 is 5.97 Å². The number of amides is 1. The van der Waals surface area contributed by atoms with Crippen molar-refractivity contribution in [1.82, 2.24) is 10.2 Å². The van der Waals surface area contributed by atoms with Crippen molar-refractivity contribution < 1.29 is 32.2 Å². The number of ether oxygens (including phenoxy) is 2. The van der Waals surface area contributed by atoms with Crippen LogP contribution in [-0.4, -0.2) is 55.5 Å². The molecule has 2 atom stereocenters. The van der Waals surface area contributed by atoms with E-state index >= 15 is 0 Å². The van der Waals surface area contributed by atoms with Crippen molar-refractivity contribution in [2.75, 3.05) is 26.8 Å². The molecular weight excluding hydrogens is 437 g/mol. The van der Waals surface area contributed by atoms with Crippen LogP contribution in [0.4, 0.5) is 13.2 Å². The fourth-order valence-electron chi connectivity index (χ4n) is 3.78. The Bertz CT molecular complexity index is 951. The number of carbonyl (C=O) groups excluding carboxylic acids is 2. The topological polar surface area (TPSA) is 67.9 Å². The van der Waals surface area contributed by atoms with E-state index in [2.05, 4.69) is 10.1 Å². The number of carbonyl (C=O) groups is 2. The summed E-state index contributed by atoms with van der Waals surface area (Å²) in [5.41, 5.74) is 1.16. The van der Waals surface area contributed by atoms with Gasteiger partial charge in [0.05, 0.1) is 31.3 Å². The Kier molecular flexibility index (Phi) is 7.97. The number of rotatable bonds is 8. The van der Waals surface area contributed by atoms with Gasteiger partial charge in [0.1, 0.15) is 18.2 Å². The minimum absolute atomic E-state index is 0.0172. The molecule has 3 rings (SSSR count). The van der Waals surface area contributed by atoms with Crippen molar-refractivity contribution in [3.05, 3.63) is 65.5 Å². The number of halogens is 3. The van der Waals surface area contributed by atoms with E-state index in [-0.39, 0.29) is 37.9 Å². The van der Waals surface area contributed by atoms with Gasteiger partial charge in [-0.05, 0) is 55.3 Å². The van der Waals surface area contributed by atoms with Crippen molar-refractivity contribution in [1.29, 1.82) is 0 Å². The maximum Gasteiger partial charge on any atom is 0.337 e. The van der Waals surface area contributed by atoms with E-state index in [1.807, 2.05) is 0 Å². The monoisotopic (exact) mass is 464 g/mol. The third kappa shape index (κ3) is 6.71. The van der Waals surface area contributed by atoms with Gasteiger partial charge in [0.2, 0.25) is 5.91 Å². The number of benzene rings is 2. The van der Waals surface area contributed by atoms with Gasteiger partial charge in [-0.25, -0.2) is 18.0 Å². The molecule has 1 heterocycles. The fourth-order valence-corrected chi connectivity index (χ4v) is 3.78. The highest BCUT2D eigenvalue weighted by Crippen LogP contribution is 2.30. The molecule has 0 unspecified atom stereocenters. The number of likely N-dealkylation sites (tertiary alicyclic amines) is 1. The van der Waals surface area contributed by atoms with E-state index < -0.39 is 30.3 Å². The highest BCUT2D eigenvalue weighted by atomic mass is 19.3. The molecule has 1 N–H and O–H groups in total. The SMILES string of the molecule is COC(=O)c1ccc([C@H](C)NC(=O)[C@H]2CCC(F)(F)CN2CCOc2ccc(F)cc2)cc1. The largest absolute Gasteiger partial charge is 0.492 e. The maximum atomic E-state index is 14.1. The van der Waals surface area contributed by atoms with Gasteiger partial charge in [-0.2, -0.15) is 0 Å². The molecule has 0 aromatic heterocycles. The molecule has 1 fully saturated rings. The quantitative estimate of drug-likeness (QED) is 0.599. The third-order valence-electron chi connectivity index (χ3n) is 5.61. The van der Waals surface area contributed by atoms with E-state index in [0.717, 1.165) is 5.56 Å². The Balaban J connectivity index is 1.60. The first-order chi connectivity index (χ1) is 15.7. The average Bonchev–Trinajstić information content (AvgIpc) is 2.79. The standard InChI is InChI=1S/C24H27F3N2O4/c1-16(17-3-5-18(6-4-17)23(31)32-2)28-22(30)21-11-12-24(26,27)15-29(21)13-14-33-20-9-7-19(25)8-10-20/h3-10,16,21H,11-15H2,1-2H3,(H,28,30)/t16-,21+/m0/s1. The van der Waals surface area contributed by atoms with Crippen LogP contribution in [-0.2, 0) is 9.53 Å². The molecule has 2 aromatic carbocycles. The van der Waals surface area contributed by atoms with Crippen LogP contribution in [0.3, 0.4) is 0 Å². The highest BCUT2D eigenvalue weighted by Gasteiger charge is 2.42. The summed E-state index contributed by atoms with van der Waals surface area (Å²) in [4.78, 5) is 25.9. The van der Waals surface area contributed by atoms with Gasteiger partial charge in [-0.15, -0.1) is 0 Å². The molecule has 33 heavy (non-hydrogen) atoms. The van der Waals surface area contributed by atoms with Crippen LogP contribution in [0.25, 0.3) is 0 Å². The Morgan fingerprint density at radius 1 is 1.15 bits per heavy atom. The van der Waals surface area contributed by atoms with Crippen molar-refractivity contribution in [2.24, 2.45) is 0 Å². The van der Waals surface area contributed by atoms with Crippen molar-refractivity contribution in [2.45, 2.75) is 37.8 Å². The highest BCUT2D eigenvalue weighted by molar-refractivity contribution is 5.89. The molecule has 0 bridgehead atoms. The van der Waals surface area contributed by atoms with Crippen molar-refractivity contribution in [3.63, 3.8) is 0 Å². The molecule has 1 aliphatic rings. The second kappa shape index (κ2) is 10.7. The summed E-state index contributed by atoms with van der Waals surface area (Å²) >= 11 is 0. The molecule has 0 spiro atoms. The number of esters is 1. The molecule has 1 aliphatic heterocycles. The summed E-state index contributed by atoms with van der Waals surface area (Å²) in [6, 6.07) is 10.9. The molecule has 6 nitrogen and oxygen atoms in total. The molecule has 2 aromatic rings. The Morgan fingerprint density at radius 2 is 1.82 bits per heavy atom. The number of nitrogens with one attached hydrogen (secondary N) is 1. The zero-order chi connectivity index (χ0) is 24.0. The van der Waals surface area contributed by atoms with E-state index in [4.69, 9.17) is 4.74 Å². The molecule has 1 amide bonds. The molecule has 1 saturated heterocycles. The fraction of sp³-hybridized carbons (Fsp3) is 0.417. The average molecular weight is 464 g/mol. The predicted molar refractivity (Wildman–Crippen MR) is 116 cm³/mol. The molecule has 0 saturated carbocycles. The zero-order valence-corrected chi connectivity index (χ0v) is 18.5. The summed E-state index contributed by atoms with van der Waals surface area (Å²) < 4.78 is 51.3. The lowest BCUT2D eigenvalue weighted by atomic mass is 9.97. The van der Waals surface area contributed by atoms with Gasteiger partial charge in [0, 0.05) is 13.0 Å². The number of hydrogen-bond acceptors (Lipinski definition) is 5. The van der Waals surface area contributed by atoms with Crippen LogP contribution in [0.15, 0.2) is 48.5 Å². The summed E-state index contributed by atoms with van der Waals surface area (Å²) in [6.45, 7) is 1.44. The van der Waals surface area contributed by atoms with Gasteiger partial charge in [0.25, 0.3) is 5.92 Å². The Hall–Kier alpha value is -3.07. The Morgan fingerprint density at radius 3 is 2.45 bits per heavy atom. The lowest BCUT2D eigenvalue weighted by Gasteiger charge is -2.38. The first kappa shape index (κ1) is 24.6. The maximum absolute atomic E-state index is 14.1. The van der Waals surface area contributed by atoms with E-state index in [9.17, 15) is 22.8 Å². The number of alkyl halides is 2. The van der Waals surface area contributed by atoms with Gasteiger partial charge in [-0.1, -0.05) is 12.1 Å². The van der Waals surface area contributed by atoms with Crippen LogP contribution in [0, 0.1) is 5.82 Å². The van der Waals surface area contributed by atoms with Crippen LogP contribution in [0.1, 0.15) is 41.7 Å². The number of methoxy groups -OCH3 is 1. The van der Waals surface area contributed by atoms with Crippen LogP contribution in [0.2, 0.25) is 0 Å². The first-order valence-corrected chi connectivity index (χ1v) is 10.7. The normalized spacial score (nSPS) is 18.9. The lowest BCUT2D eigenvalue weighted by molar-refractivity contribution is -0.136. The summed E-state index contributed by atoms with van der Waals surface area (Å²) in [7, 11) is 1.29. The number of piperidine rings is 1. The van der Waals surface area contributed by atoms with E-state index in [0.29, 0.717) is 11.3 Å². The van der Waals surface area contributed by atoms with E-state index in [1.165, 1.54) is 36.3 Å². The van der Waals surface area contributed by atoms with E-state index in [1.54, 1.807) is 31.2 Å². The minimum Gasteiger partial charge on any atom is -0.492 e. The second-order valence-electron chi connectivity index (χ2n) is 8.03. The summed E-state index contributed by atoms with van der Waals surface area (Å²) in [5, 5.41) is 2.88. The summed E-state index contributed by atoms with van der Waals surface area (Å²) in [5.74, 6) is -3.67. The smallest absolute Gasteiger partial charge is 0.337 e. The predicted octanol–water partition coefficient (Wildman–Crippen LogP) is 3.97. The van der Waals surface area contributed by atoms with Crippen molar-refractivity contribution >= 4 is 11.9 Å². The Labute approximate surface area is 190 Å². The van der Waals surface area contributed by atoms with Gasteiger partial charge in [0.15, 0.2) is 0 Å². The van der Waals surface area contributed by atoms with Crippen LogP contribution >= 0.6 is 0 Å². The molecule has 178 valence electrons. The number of nitrogens with zero attached hydrogens (tertiary/aromatic N) is 1. The molecule has 0 radical (unpaired) electrons. The van der Waals surface area contributed by atoms with Crippen LogP contribution in [0.5, 0.6) is 5.75 Å². The molecule has 9 heteroatoms. The van der Waals surface area contributed by atoms with Gasteiger partial charge < -0.3 is 14.8 Å². The first-order valence-electron chi connectivity index (χ1n) is 10.7. The third-order valence-corrected chi connectivity index (χ3v) is 5.61. The van der Waals surface area contributed by atoms with Crippen LogP contribution < -0.4 is 10.1 Å². The number of hydrogen-bond donors (Lipinski definition) is 1. The van der Waals surface area contributed by atoms with Gasteiger partial charge in [-0.3, -0.25) is 9.69 Å². The minimum atomic E-state index is -2.89. The lowest BCUT2D eigenvalue weighted by Crippen LogP contribution is -2.56. The molecule has 0 aliphatic carbocycles. The second-order valence-corrected chi connectivity index (χ2v) is 8.03. The summed E-state index contributed by atoms with van der Waals surface area (Å²) in [6.07, 6.45) is -0.355. The van der Waals surface area contributed by atoms with Crippen molar-refractivity contribution in [3.8, 4) is 5.75 Å². The zero-order valence-electron chi connectivity index (χ0n) is 18.5. The molecular formula is C24H27F3N2O4.